The molecule has 1 aromatic carbocycles. The van der Waals surface area contributed by atoms with Crippen molar-refractivity contribution in [3.05, 3.63) is 28.2 Å². The molecule has 0 saturated carbocycles. The predicted molar refractivity (Wildman–Crippen MR) is 66.8 cm³/mol. The third-order valence-corrected chi connectivity index (χ3v) is 2.40. The molecule has 0 spiro atoms. The van der Waals surface area contributed by atoms with Crippen molar-refractivity contribution in [1.82, 2.24) is 0 Å². The van der Waals surface area contributed by atoms with Gasteiger partial charge in [-0.15, -0.1) is 0 Å². The van der Waals surface area contributed by atoms with Crippen LogP contribution < -0.4 is 5.32 Å². The summed E-state index contributed by atoms with van der Waals surface area (Å²) in [5, 5.41) is 12.2. The maximum atomic E-state index is 8.96. The van der Waals surface area contributed by atoms with E-state index >= 15 is 0 Å². The minimum Gasteiger partial charge on any atom is -0.383 e. The van der Waals surface area contributed by atoms with E-state index < -0.39 is 0 Å². The van der Waals surface area contributed by atoms with Crippen LogP contribution in [0.2, 0.25) is 0 Å². The molecule has 0 radical (unpaired) electrons. The van der Waals surface area contributed by atoms with E-state index in [1.165, 1.54) is 0 Å². The number of hydrogen-bond acceptors (Lipinski definition) is 2. The molecule has 0 aliphatic rings. The molecule has 0 amide bonds. The molecule has 1 N–H and O–H groups in total. The highest BCUT2D eigenvalue weighted by molar-refractivity contribution is 9.10. The SMILES string of the molecule is CC(C)(C)CNc1ccc(Br)cc1C#N. The van der Waals surface area contributed by atoms with Crippen molar-refractivity contribution < 1.29 is 0 Å². The lowest BCUT2D eigenvalue weighted by molar-refractivity contribution is 0.443. The molecule has 80 valence electrons. The van der Waals surface area contributed by atoms with Crippen LogP contribution in [0.4, 0.5) is 5.69 Å². The molecule has 0 bridgehead atoms. The van der Waals surface area contributed by atoms with E-state index in [2.05, 4.69) is 48.1 Å². The van der Waals surface area contributed by atoms with E-state index in [0.29, 0.717) is 5.56 Å². The average molecular weight is 267 g/mol. The number of benzene rings is 1. The Bertz CT molecular complexity index is 386. The van der Waals surface area contributed by atoms with Crippen molar-refractivity contribution in [3.63, 3.8) is 0 Å². The van der Waals surface area contributed by atoms with Crippen molar-refractivity contribution in [1.29, 1.82) is 5.26 Å². The maximum Gasteiger partial charge on any atom is 0.101 e. The fourth-order valence-corrected chi connectivity index (χ4v) is 1.48. The van der Waals surface area contributed by atoms with Crippen molar-refractivity contribution >= 4 is 21.6 Å². The average Bonchev–Trinajstić information content (AvgIpc) is 2.14. The summed E-state index contributed by atoms with van der Waals surface area (Å²) in [5.74, 6) is 0. The molecule has 0 unspecified atom stereocenters. The molecule has 1 rings (SSSR count). The maximum absolute atomic E-state index is 8.96. The molecular formula is C12H15BrN2. The number of anilines is 1. The fraction of sp³-hybridized carbons (Fsp3) is 0.417. The van der Waals surface area contributed by atoms with Crippen LogP contribution in [-0.2, 0) is 0 Å². The van der Waals surface area contributed by atoms with Gasteiger partial charge in [0.05, 0.1) is 11.3 Å². The van der Waals surface area contributed by atoms with Gasteiger partial charge in [-0.25, -0.2) is 0 Å². The number of hydrogen-bond donors (Lipinski definition) is 1. The molecule has 0 fully saturated rings. The number of halogens is 1. The van der Waals surface area contributed by atoms with Gasteiger partial charge in [-0.05, 0) is 23.6 Å². The third-order valence-electron chi connectivity index (χ3n) is 1.91. The van der Waals surface area contributed by atoms with Gasteiger partial charge in [-0.3, -0.25) is 0 Å². The zero-order chi connectivity index (χ0) is 11.5. The van der Waals surface area contributed by atoms with Crippen molar-refractivity contribution in [2.75, 3.05) is 11.9 Å². The van der Waals surface area contributed by atoms with Crippen LogP contribution in [0, 0.1) is 16.7 Å². The first-order valence-corrected chi connectivity index (χ1v) is 5.65. The molecule has 2 nitrogen and oxygen atoms in total. The Morgan fingerprint density at radius 3 is 2.60 bits per heavy atom. The van der Waals surface area contributed by atoms with Gasteiger partial charge in [0.1, 0.15) is 6.07 Å². The molecule has 0 saturated heterocycles. The Kier molecular flexibility index (Phi) is 3.76. The van der Waals surface area contributed by atoms with E-state index in [-0.39, 0.29) is 5.41 Å². The van der Waals surface area contributed by atoms with E-state index in [1.54, 1.807) is 0 Å². The van der Waals surface area contributed by atoms with E-state index in [4.69, 9.17) is 5.26 Å². The zero-order valence-electron chi connectivity index (χ0n) is 9.26. The summed E-state index contributed by atoms with van der Waals surface area (Å²) in [6.45, 7) is 7.32. The first kappa shape index (κ1) is 12.1. The molecule has 15 heavy (non-hydrogen) atoms. The summed E-state index contributed by atoms with van der Waals surface area (Å²) < 4.78 is 0.931. The molecule has 3 heteroatoms. The van der Waals surface area contributed by atoms with Crippen LogP contribution in [0.3, 0.4) is 0 Å². The lowest BCUT2D eigenvalue weighted by atomic mass is 9.97. The van der Waals surface area contributed by atoms with Crippen molar-refractivity contribution in [3.8, 4) is 6.07 Å². The molecule has 0 heterocycles. The number of rotatable bonds is 2. The summed E-state index contributed by atoms with van der Waals surface area (Å²) >= 11 is 3.35. The van der Waals surface area contributed by atoms with Crippen LogP contribution in [0.1, 0.15) is 26.3 Å². The van der Waals surface area contributed by atoms with Gasteiger partial charge in [0.25, 0.3) is 0 Å². The van der Waals surface area contributed by atoms with E-state index in [0.717, 1.165) is 16.7 Å². The summed E-state index contributed by atoms with van der Waals surface area (Å²) in [4.78, 5) is 0. The minimum absolute atomic E-state index is 0.208. The van der Waals surface area contributed by atoms with E-state index in [9.17, 15) is 0 Å². The van der Waals surface area contributed by atoms with Gasteiger partial charge >= 0.3 is 0 Å². The highest BCUT2D eigenvalue weighted by atomic mass is 79.9. The fourth-order valence-electron chi connectivity index (χ4n) is 1.12. The second-order valence-corrected chi connectivity index (χ2v) is 5.63. The van der Waals surface area contributed by atoms with Crippen LogP contribution in [0.25, 0.3) is 0 Å². The first-order valence-electron chi connectivity index (χ1n) is 4.86. The zero-order valence-corrected chi connectivity index (χ0v) is 10.9. The Morgan fingerprint density at radius 1 is 1.40 bits per heavy atom. The molecule has 1 aromatic rings. The van der Waals surface area contributed by atoms with Crippen LogP contribution >= 0.6 is 15.9 Å². The first-order chi connectivity index (χ1) is 6.92. The van der Waals surface area contributed by atoms with Gasteiger partial charge in [0.2, 0.25) is 0 Å². The largest absolute Gasteiger partial charge is 0.383 e. The Morgan fingerprint density at radius 2 is 2.07 bits per heavy atom. The molecule has 0 aliphatic carbocycles. The third kappa shape index (κ3) is 3.93. The van der Waals surface area contributed by atoms with Gasteiger partial charge in [0.15, 0.2) is 0 Å². The molecule has 0 aromatic heterocycles. The standard InChI is InChI=1S/C12H15BrN2/c1-12(2,3)8-15-11-5-4-10(13)6-9(11)7-14/h4-6,15H,8H2,1-3H3. The minimum atomic E-state index is 0.208. The Labute approximate surface area is 99.4 Å². The highest BCUT2D eigenvalue weighted by Crippen LogP contribution is 2.22. The smallest absolute Gasteiger partial charge is 0.101 e. The number of nitrogens with one attached hydrogen (secondary N) is 1. The predicted octanol–water partition coefficient (Wildman–Crippen LogP) is 3.78. The lowest BCUT2D eigenvalue weighted by Gasteiger charge is -2.20. The van der Waals surface area contributed by atoms with E-state index in [1.807, 2.05) is 18.2 Å². The molecule has 0 atom stereocenters. The van der Waals surface area contributed by atoms with Crippen LogP contribution in [0.15, 0.2) is 22.7 Å². The monoisotopic (exact) mass is 266 g/mol. The number of nitrogens with zero attached hydrogens (tertiary/aromatic N) is 1. The molecule has 0 aliphatic heterocycles. The molecular weight excluding hydrogens is 252 g/mol. The van der Waals surface area contributed by atoms with Gasteiger partial charge in [0, 0.05) is 11.0 Å². The van der Waals surface area contributed by atoms with Crippen LogP contribution in [-0.4, -0.2) is 6.54 Å². The van der Waals surface area contributed by atoms with Crippen molar-refractivity contribution in [2.45, 2.75) is 20.8 Å². The van der Waals surface area contributed by atoms with Crippen molar-refractivity contribution in [2.24, 2.45) is 5.41 Å². The quantitative estimate of drug-likeness (QED) is 0.885. The second-order valence-electron chi connectivity index (χ2n) is 4.72. The Hall–Kier alpha value is -1.01. The summed E-state index contributed by atoms with van der Waals surface area (Å²) in [5.41, 5.74) is 1.78. The van der Waals surface area contributed by atoms with Gasteiger partial charge in [-0.2, -0.15) is 5.26 Å². The highest BCUT2D eigenvalue weighted by Gasteiger charge is 2.10. The second kappa shape index (κ2) is 4.67. The van der Waals surface area contributed by atoms with Crippen LogP contribution in [0.5, 0.6) is 0 Å². The van der Waals surface area contributed by atoms with Gasteiger partial charge < -0.3 is 5.32 Å². The summed E-state index contributed by atoms with van der Waals surface area (Å²) in [6, 6.07) is 7.87. The number of nitriles is 1. The van der Waals surface area contributed by atoms with Gasteiger partial charge in [-0.1, -0.05) is 36.7 Å². The topological polar surface area (TPSA) is 35.8 Å². The lowest BCUT2D eigenvalue weighted by Crippen LogP contribution is -2.19. The summed E-state index contributed by atoms with van der Waals surface area (Å²) in [7, 11) is 0. The Balaban J connectivity index is 2.82. The summed E-state index contributed by atoms with van der Waals surface area (Å²) in [6.07, 6.45) is 0. The normalized spacial score (nSPS) is 10.9.